The fourth-order valence-corrected chi connectivity index (χ4v) is 1.94. The monoisotopic (exact) mass is 304 g/mol. The first-order valence-electron chi connectivity index (χ1n) is 5.16. The third-order valence-electron chi connectivity index (χ3n) is 2.32. The first-order chi connectivity index (χ1) is 8.90. The maximum atomic E-state index is 12.7. The van der Waals surface area contributed by atoms with Gasteiger partial charge in [0.05, 0.1) is 5.69 Å². The van der Waals surface area contributed by atoms with Gasteiger partial charge in [0, 0.05) is 10.6 Å². The second kappa shape index (κ2) is 5.38. The highest BCUT2D eigenvalue weighted by molar-refractivity contribution is 7.98. The quantitative estimate of drug-likeness (QED) is 0.602. The van der Waals surface area contributed by atoms with Gasteiger partial charge in [-0.1, -0.05) is 35.5 Å². The van der Waals surface area contributed by atoms with Crippen molar-refractivity contribution in [3.63, 3.8) is 0 Å². The summed E-state index contributed by atoms with van der Waals surface area (Å²) in [6, 6.07) is 7.38. The molecule has 1 aromatic heterocycles. The summed E-state index contributed by atoms with van der Waals surface area (Å²) in [6.45, 7) is 0. The van der Waals surface area contributed by atoms with E-state index in [9.17, 15) is 13.2 Å². The zero-order valence-electron chi connectivity index (χ0n) is 9.70. The number of thioether (sulfide) groups is 1. The van der Waals surface area contributed by atoms with Crippen LogP contribution in [0.25, 0.3) is 11.3 Å². The summed E-state index contributed by atoms with van der Waals surface area (Å²) in [5.41, 5.74) is -0.159. The minimum Gasteiger partial charge on any atom is -0.222 e. The largest absolute Gasteiger partial charge is 0.433 e. The van der Waals surface area contributed by atoms with Gasteiger partial charge in [-0.3, -0.25) is 0 Å². The molecule has 0 radical (unpaired) electrons. The third-order valence-corrected chi connectivity index (χ3v) is 3.12. The summed E-state index contributed by atoms with van der Waals surface area (Å²) in [4.78, 5) is 7.54. The molecule has 1 heterocycles. The van der Waals surface area contributed by atoms with Crippen LogP contribution in [0.3, 0.4) is 0 Å². The summed E-state index contributed by atoms with van der Waals surface area (Å²) in [5, 5.41) is 0.596. The number of halogens is 4. The molecular weight excluding hydrogens is 297 g/mol. The summed E-state index contributed by atoms with van der Waals surface area (Å²) in [7, 11) is 0. The predicted octanol–water partition coefficient (Wildman–Crippen LogP) is 4.54. The minimum atomic E-state index is -4.49. The van der Waals surface area contributed by atoms with E-state index in [1.165, 1.54) is 0 Å². The first-order valence-corrected chi connectivity index (χ1v) is 6.76. The number of nitrogens with zero attached hydrogens (tertiary/aromatic N) is 2. The van der Waals surface area contributed by atoms with Crippen LogP contribution < -0.4 is 0 Å². The fourth-order valence-electron chi connectivity index (χ4n) is 1.43. The summed E-state index contributed by atoms with van der Waals surface area (Å²) < 4.78 is 38.2. The molecule has 19 heavy (non-hydrogen) atoms. The zero-order chi connectivity index (χ0) is 14.0. The van der Waals surface area contributed by atoms with Crippen molar-refractivity contribution in [3.05, 3.63) is 41.0 Å². The molecule has 0 bridgehead atoms. The lowest BCUT2D eigenvalue weighted by atomic mass is 10.1. The second-order valence-electron chi connectivity index (χ2n) is 3.63. The van der Waals surface area contributed by atoms with E-state index in [0.717, 1.165) is 17.8 Å². The van der Waals surface area contributed by atoms with E-state index < -0.39 is 11.9 Å². The van der Waals surface area contributed by atoms with Gasteiger partial charge in [-0.05, 0) is 24.5 Å². The number of hydrogen-bond acceptors (Lipinski definition) is 3. The highest BCUT2D eigenvalue weighted by Crippen LogP contribution is 2.31. The van der Waals surface area contributed by atoms with Gasteiger partial charge in [0.1, 0.15) is 5.69 Å². The average Bonchev–Trinajstić information content (AvgIpc) is 2.38. The van der Waals surface area contributed by atoms with Crippen LogP contribution in [-0.4, -0.2) is 16.2 Å². The molecule has 0 aliphatic rings. The van der Waals surface area contributed by atoms with E-state index in [1.807, 2.05) is 0 Å². The van der Waals surface area contributed by atoms with Gasteiger partial charge in [0.15, 0.2) is 5.16 Å². The van der Waals surface area contributed by atoms with Gasteiger partial charge >= 0.3 is 6.18 Å². The van der Waals surface area contributed by atoms with Crippen molar-refractivity contribution in [2.45, 2.75) is 11.3 Å². The van der Waals surface area contributed by atoms with E-state index in [1.54, 1.807) is 30.5 Å². The van der Waals surface area contributed by atoms with Gasteiger partial charge in [-0.2, -0.15) is 13.2 Å². The molecular formula is C12H8ClF3N2S. The van der Waals surface area contributed by atoms with E-state index in [-0.39, 0.29) is 10.9 Å². The van der Waals surface area contributed by atoms with Crippen LogP contribution in [0.4, 0.5) is 13.2 Å². The molecule has 0 fully saturated rings. The molecule has 0 unspecified atom stereocenters. The number of hydrogen-bond donors (Lipinski definition) is 0. The van der Waals surface area contributed by atoms with Crippen LogP contribution in [0.15, 0.2) is 35.5 Å². The van der Waals surface area contributed by atoms with Crippen LogP contribution in [0, 0.1) is 0 Å². The first kappa shape index (κ1) is 14.1. The minimum absolute atomic E-state index is 0.0831. The summed E-state index contributed by atoms with van der Waals surface area (Å²) in [5.74, 6) is 0. The lowest BCUT2D eigenvalue weighted by Crippen LogP contribution is -2.09. The molecule has 0 spiro atoms. The molecule has 0 N–H and O–H groups in total. The van der Waals surface area contributed by atoms with Crippen molar-refractivity contribution in [1.82, 2.24) is 9.97 Å². The Morgan fingerprint density at radius 1 is 1.11 bits per heavy atom. The van der Waals surface area contributed by atoms with E-state index in [4.69, 9.17) is 11.6 Å². The van der Waals surface area contributed by atoms with Crippen LogP contribution in [0.2, 0.25) is 5.02 Å². The molecule has 2 rings (SSSR count). The van der Waals surface area contributed by atoms with Gasteiger partial charge in [-0.15, -0.1) is 0 Å². The lowest BCUT2D eigenvalue weighted by Gasteiger charge is -2.09. The third kappa shape index (κ3) is 3.39. The Balaban J connectivity index is 2.54. The number of aromatic nitrogens is 2. The smallest absolute Gasteiger partial charge is 0.222 e. The van der Waals surface area contributed by atoms with Crippen molar-refractivity contribution in [3.8, 4) is 11.3 Å². The highest BCUT2D eigenvalue weighted by atomic mass is 35.5. The van der Waals surface area contributed by atoms with Crippen LogP contribution in [0.5, 0.6) is 0 Å². The molecule has 0 amide bonds. The summed E-state index contributed by atoms with van der Waals surface area (Å²) >= 11 is 6.81. The highest BCUT2D eigenvalue weighted by Gasteiger charge is 2.33. The standard InChI is InChI=1S/C12H8ClF3N2S/c1-19-11-17-9(6-10(18-11)12(14,15)16)7-2-4-8(13)5-3-7/h2-6H,1H3. The molecule has 0 saturated heterocycles. The molecule has 2 nitrogen and oxygen atoms in total. The van der Waals surface area contributed by atoms with Gasteiger partial charge in [0.2, 0.25) is 0 Å². The second-order valence-corrected chi connectivity index (χ2v) is 4.84. The Morgan fingerprint density at radius 2 is 1.74 bits per heavy atom. The molecule has 7 heteroatoms. The Bertz CT molecular complexity index is 585. The van der Waals surface area contributed by atoms with E-state index in [2.05, 4.69) is 9.97 Å². The van der Waals surface area contributed by atoms with Crippen molar-refractivity contribution in [1.29, 1.82) is 0 Å². The Morgan fingerprint density at radius 3 is 2.26 bits per heavy atom. The van der Waals surface area contributed by atoms with Crippen molar-refractivity contribution >= 4 is 23.4 Å². The van der Waals surface area contributed by atoms with Crippen molar-refractivity contribution in [2.75, 3.05) is 6.26 Å². The molecule has 1 aromatic carbocycles. The molecule has 2 aromatic rings. The van der Waals surface area contributed by atoms with Crippen molar-refractivity contribution < 1.29 is 13.2 Å². The Hall–Kier alpha value is -1.27. The number of alkyl halides is 3. The van der Waals surface area contributed by atoms with Gasteiger partial charge in [0.25, 0.3) is 0 Å². The molecule has 100 valence electrons. The lowest BCUT2D eigenvalue weighted by molar-refractivity contribution is -0.141. The zero-order valence-corrected chi connectivity index (χ0v) is 11.3. The van der Waals surface area contributed by atoms with Crippen LogP contribution >= 0.6 is 23.4 Å². The Kier molecular flexibility index (Phi) is 4.01. The van der Waals surface area contributed by atoms with E-state index in [0.29, 0.717) is 10.6 Å². The van der Waals surface area contributed by atoms with Crippen molar-refractivity contribution in [2.24, 2.45) is 0 Å². The van der Waals surface area contributed by atoms with Crippen LogP contribution in [-0.2, 0) is 6.18 Å². The topological polar surface area (TPSA) is 25.8 Å². The van der Waals surface area contributed by atoms with Crippen LogP contribution in [0.1, 0.15) is 5.69 Å². The molecule has 0 aliphatic carbocycles. The number of benzene rings is 1. The normalized spacial score (nSPS) is 11.6. The molecule has 0 saturated carbocycles. The Labute approximate surface area is 117 Å². The maximum Gasteiger partial charge on any atom is 0.433 e. The van der Waals surface area contributed by atoms with Gasteiger partial charge < -0.3 is 0 Å². The maximum absolute atomic E-state index is 12.7. The van der Waals surface area contributed by atoms with E-state index >= 15 is 0 Å². The molecule has 0 atom stereocenters. The fraction of sp³-hybridized carbons (Fsp3) is 0.167. The summed E-state index contributed by atoms with van der Waals surface area (Å²) in [6.07, 6.45) is -2.87. The SMILES string of the molecule is CSc1nc(-c2ccc(Cl)cc2)cc(C(F)(F)F)n1. The average molecular weight is 305 g/mol. The predicted molar refractivity (Wildman–Crippen MR) is 69.3 cm³/mol. The number of rotatable bonds is 2. The van der Waals surface area contributed by atoms with Gasteiger partial charge in [-0.25, -0.2) is 9.97 Å². The molecule has 0 aliphatic heterocycles.